The Hall–Kier alpha value is -2.78. The van der Waals surface area contributed by atoms with E-state index in [1.807, 2.05) is 5.38 Å². The largest absolute Gasteiger partial charge is 0.477 e. The van der Waals surface area contributed by atoms with Gasteiger partial charge in [-0.1, -0.05) is 0 Å². The predicted molar refractivity (Wildman–Crippen MR) is 125 cm³/mol. The molecule has 7 nitrogen and oxygen atoms in total. The number of halogens is 1. The Labute approximate surface area is 191 Å². The van der Waals surface area contributed by atoms with Gasteiger partial charge in [0.05, 0.1) is 32.9 Å². The highest BCUT2D eigenvalue weighted by Gasteiger charge is 2.55. The summed E-state index contributed by atoms with van der Waals surface area (Å²) in [6.07, 6.45) is 4.36. The van der Waals surface area contributed by atoms with Gasteiger partial charge in [-0.3, -0.25) is 14.2 Å². The fourth-order valence-corrected chi connectivity index (χ4v) is 8.33. The number of carboxylic acids is 1. The number of nitrogens with two attached hydrogens (primary N) is 1. The van der Waals surface area contributed by atoms with Crippen LogP contribution in [-0.4, -0.2) is 41.2 Å². The molecule has 3 saturated carbocycles. The zero-order chi connectivity index (χ0) is 22.8. The number of nitrogens with zero attached hydrogens (tertiary/aromatic N) is 3. The number of carboxylic acid groups (broad SMARTS) is 1. The van der Waals surface area contributed by atoms with Crippen molar-refractivity contribution in [3.8, 4) is 0 Å². The van der Waals surface area contributed by atoms with Crippen molar-refractivity contribution in [2.45, 2.75) is 31.2 Å². The Morgan fingerprint density at radius 2 is 2.09 bits per heavy atom. The van der Waals surface area contributed by atoms with Gasteiger partial charge in [0.15, 0.2) is 0 Å². The minimum absolute atomic E-state index is 0.0893. The van der Waals surface area contributed by atoms with Crippen LogP contribution < -0.4 is 21.4 Å². The van der Waals surface area contributed by atoms with Crippen molar-refractivity contribution in [2.24, 2.45) is 28.5 Å². The molecule has 1 saturated heterocycles. The van der Waals surface area contributed by atoms with E-state index < -0.39 is 17.2 Å². The Kier molecular flexibility index (Phi) is 3.70. The Balaban J connectivity index is 1.54. The monoisotopic (exact) mass is 466 g/mol. The maximum atomic E-state index is 15.8. The second-order valence-electron chi connectivity index (χ2n) is 10.1. The molecule has 1 aromatic carbocycles. The molecule has 3 N–H and O–H groups in total. The van der Waals surface area contributed by atoms with Gasteiger partial charge in [-0.05, 0) is 49.5 Å². The molecule has 0 spiro atoms. The van der Waals surface area contributed by atoms with Crippen molar-refractivity contribution in [1.29, 1.82) is 0 Å². The first-order valence-electron chi connectivity index (χ1n) is 11.4. The van der Waals surface area contributed by atoms with Gasteiger partial charge in [-0.15, -0.1) is 11.3 Å². The van der Waals surface area contributed by atoms with Crippen molar-refractivity contribution < 1.29 is 14.3 Å². The number of carbonyl (C=O) groups is 1. The average Bonchev–Trinajstić information content (AvgIpc) is 3.48. The van der Waals surface area contributed by atoms with Crippen molar-refractivity contribution in [1.82, 2.24) is 4.40 Å². The van der Waals surface area contributed by atoms with Crippen LogP contribution in [0.4, 0.5) is 10.1 Å². The maximum absolute atomic E-state index is 15.8. The molecule has 170 valence electrons. The molecule has 4 fully saturated rings. The molecular formula is C24H23FN4O3S. The van der Waals surface area contributed by atoms with Crippen molar-refractivity contribution in [3.63, 3.8) is 0 Å². The van der Waals surface area contributed by atoms with Gasteiger partial charge in [-0.2, -0.15) is 0 Å². The van der Waals surface area contributed by atoms with Gasteiger partial charge in [0.2, 0.25) is 5.43 Å². The third-order valence-electron chi connectivity index (χ3n) is 8.76. The molecular weight excluding hydrogens is 443 g/mol. The number of fused-ring (bicyclic) bond motifs is 2. The molecule has 1 aliphatic heterocycles. The number of aromatic nitrogens is 1. The number of benzene rings is 1. The second kappa shape index (κ2) is 6.21. The number of anilines is 1. The molecule has 4 aliphatic rings. The number of hydrogen-bond donors (Lipinski definition) is 2. The number of thiazole rings is 1. The quantitative estimate of drug-likeness (QED) is 0.473. The first-order valence-corrected chi connectivity index (χ1v) is 12.3. The molecule has 8 rings (SSSR count). The third kappa shape index (κ3) is 2.24. The Morgan fingerprint density at radius 3 is 2.76 bits per heavy atom. The highest BCUT2D eigenvalue weighted by molar-refractivity contribution is 7.16. The van der Waals surface area contributed by atoms with Crippen LogP contribution in [0.15, 0.2) is 21.2 Å². The number of rotatable bonds is 2. The minimum atomic E-state index is -1.30. The zero-order valence-corrected chi connectivity index (χ0v) is 18.9. The molecule has 0 radical (unpaired) electrons. The van der Waals surface area contributed by atoms with Crippen LogP contribution in [-0.2, 0) is 0 Å². The van der Waals surface area contributed by atoms with E-state index in [9.17, 15) is 14.7 Å². The highest BCUT2D eigenvalue weighted by Crippen LogP contribution is 2.54. The summed E-state index contributed by atoms with van der Waals surface area (Å²) in [5.74, 6) is -0.383. The SMILES string of the molecule is CN=c1c2c(N3CC4C5CCC(N)(CC5)C4C3)c(F)cc3c(=O)c(C(=O)O)c4scc1n4c32. The third-order valence-corrected chi connectivity index (χ3v) is 9.72. The van der Waals surface area contributed by atoms with Crippen LogP contribution in [0.25, 0.3) is 26.6 Å². The lowest BCUT2D eigenvalue weighted by Gasteiger charge is -2.52. The zero-order valence-electron chi connectivity index (χ0n) is 18.1. The molecule has 9 heteroatoms. The van der Waals surface area contributed by atoms with Crippen LogP contribution in [0.3, 0.4) is 0 Å². The lowest BCUT2D eigenvalue weighted by Crippen LogP contribution is -2.58. The molecule has 4 aromatic rings. The van der Waals surface area contributed by atoms with Gasteiger partial charge in [0.1, 0.15) is 16.2 Å². The second-order valence-corrected chi connectivity index (χ2v) is 10.9. The summed E-state index contributed by atoms with van der Waals surface area (Å²) in [4.78, 5) is 32.0. The molecule has 2 bridgehead atoms. The van der Waals surface area contributed by atoms with E-state index in [0.29, 0.717) is 56.6 Å². The van der Waals surface area contributed by atoms with E-state index >= 15 is 4.39 Å². The minimum Gasteiger partial charge on any atom is -0.477 e. The molecule has 0 amide bonds. The summed E-state index contributed by atoms with van der Waals surface area (Å²) < 4.78 is 17.6. The average molecular weight is 467 g/mol. The van der Waals surface area contributed by atoms with Crippen LogP contribution in [0.2, 0.25) is 0 Å². The van der Waals surface area contributed by atoms with Crippen LogP contribution in [0.5, 0.6) is 0 Å². The first-order chi connectivity index (χ1) is 15.8. The highest BCUT2D eigenvalue weighted by atomic mass is 32.1. The fraction of sp³-hybridized carbons (Fsp3) is 0.458. The Bertz CT molecular complexity index is 1600. The summed E-state index contributed by atoms with van der Waals surface area (Å²) in [5.41, 5.74) is 7.44. The smallest absolute Gasteiger partial charge is 0.342 e. The van der Waals surface area contributed by atoms with Crippen molar-refractivity contribution >= 4 is 49.6 Å². The normalized spacial score (nSPS) is 29.8. The van der Waals surface area contributed by atoms with Gasteiger partial charge in [0.25, 0.3) is 0 Å². The number of hydrogen-bond acceptors (Lipinski definition) is 6. The standard InChI is InChI=1S/C24H23FN4O3S/c1-27-18-15-9-33-22-17(23(31)32)21(30)11-6-14(25)20(16(18)19(11)29(15)22)28-7-12-10-2-4-24(26,5-3-10)13(12)8-28/h6,9-10,12-13H,2-5,7-8,26H2,1H3,(H,31,32). The van der Waals surface area contributed by atoms with E-state index in [4.69, 9.17) is 5.73 Å². The van der Waals surface area contributed by atoms with Gasteiger partial charge < -0.3 is 15.7 Å². The summed E-state index contributed by atoms with van der Waals surface area (Å²) in [5, 5.41) is 12.8. The summed E-state index contributed by atoms with van der Waals surface area (Å²) in [7, 11) is 1.65. The van der Waals surface area contributed by atoms with Crippen molar-refractivity contribution in [3.05, 3.63) is 38.4 Å². The molecule has 3 aliphatic carbocycles. The van der Waals surface area contributed by atoms with Crippen LogP contribution in [0, 0.1) is 23.6 Å². The lowest BCUT2D eigenvalue weighted by atomic mass is 9.56. The summed E-state index contributed by atoms with van der Waals surface area (Å²) >= 11 is 1.21. The molecule has 2 unspecified atom stereocenters. The predicted octanol–water partition coefficient (Wildman–Crippen LogP) is 2.86. The molecule has 2 atom stereocenters. The van der Waals surface area contributed by atoms with Crippen molar-refractivity contribution in [2.75, 3.05) is 25.0 Å². The van der Waals surface area contributed by atoms with Gasteiger partial charge in [0, 0.05) is 31.1 Å². The molecule has 3 aromatic heterocycles. The molecule has 4 heterocycles. The van der Waals surface area contributed by atoms with Gasteiger partial charge >= 0.3 is 5.97 Å². The van der Waals surface area contributed by atoms with E-state index in [-0.39, 0.29) is 16.5 Å². The van der Waals surface area contributed by atoms with Gasteiger partial charge in [-0.25, -0.2) is 9.18 Å². The Morgan fingerprint density at radius 1 is 1.33 bits per heavy atom. The lowest BCUT2D eigenvalue weighted by molar-refractivity contribution is 0.0318. The first kappa shape index (κ1) is 19.7. The van der Waals surface area contributed by atoms with E-state index in [0.717, 1.165) is 32.2 Å². The summed E-state index contributed by atoms with van der Waals surface area (Å²) in [6, 6.07) is 1.23. The summed E-state index contributed by atoms with van der Waals surface area (Å²) in [6.45, 7) is 1.45. The van der Waals surface area contributed by atoms with E-state index in [2.05, 4.69) is 9.89 Å². The fourth-order valence-electron chi connectivity index (χ4n) is 7.30. The van der Waals surface area contributed by atoms with Crippen LogP contribution >= 0.6 is 11.3 Å². The maximum Gasteiger partial charge on any atom is 0.342 e. The van der Waals surface area contributed by atoms with Crippen LogP contribution in [0.1, 0.15) is 36.0 Å². The number of pyridine rings is 1. The topological polar surface area (TPSA) is 100 Å². The number of aromatic carboxylic acids is 1. The molecule has 33 heavy (non-hydrogen) atoms. The van der Waals surface area contributed by atoms with E-state index in [1.54, 1.807) is 11.4 Å². The van der Waals surface area contributed by atoms with E-state index in [1.165, 1.54) is 17.4 Å².